The molecule has 1 fully saturated rings. The minimum atomic E-state index is -3.86. The van der Waals surface area contributed by atoms with Crippen LogP contribution in [-0.2, 0) is 24.4 Å². The average molecular weight is 454 g/mol. The van der Waals surface area contributed by atoms with Gasteiger partial charge in [0.05, 0.1) is 24.6 Å². The quantitative estimate of drug-likeness (QED) is 0.608. The Kier molecular flexibility index (Phi) is 8.58. The topological polar surface area (TPSA) is 122 Å². The van der Waals surface area contributed by atoms with Gasteiger partial charge in [0.15, 0.2) is 5.78 Å². The van der Waals surface area contributed by atoms with Crippen LogP contribution in [0.3, 0.4) is 0 Å². The summed E-state index contributed by atoms with van der Waals surface area (Å²) in [5.41, 5.74) is 0. The Labute approximate surface area is 183 Å². The van der Waals surface area contributed by atoms with E-state index >= 15 is 0 Å². The van der Waals surface area contributed by atoms with Crippen molar-refractivity contribution >= 4 is 27.6 Å². The van der Waals surface area contributed by atoms with Gasteiger partial charge in [-0.15, -0.1) is 0 Å². The highest BCUT2D eigenvalue weighted by molar-refractivity contribution is 7.89. The van der Waals surface area contributed by atoms with Gasteiger partial charge < -0.3 is 15.4 Å². The van der Waals surface area contributed by atoms with E-state index < -0.39 is 28.0 Å². The number of carbonyl (C=O) groups excluding carboxylic acids is 3. The van der Waals surface area contributed by atoms with Crippen molar-refractivity contribution in [2.75, 3.05) is 20.2 Å². The van der Waals surface area contributed by atoms with Gasteiger partial charge in [0.25, 0.3) is 0 Å². The van der Waals surface area contributed by atoms with Gasteiger partial charge in [-0.05, 0) is 49.4 Å². The van der Waals surface area contributed by atoms with Gasteiger partial charge in [-0.1, -0.05) is 13.8 Å². The van der Waals surface area contributed by atoms with Gasteiger partial charge in [-0.25, -0.2) is 8.42 Å². The van der Waals surface area contributed by atoms with Gasteiger partial charge in [-0.2, -0.15) is 4.31 Å². The van der Waals surface area contributed by atoms with Crippen molar-refractivity contribution in [3.63, 3.8) is 0 Å². The van der Waals surface area contributed by atoms with Gasteiger partial charge >= 0.3 is 0 Å². The number of Topliss-reactive ketones (excluding diaryl/α,β-unsaturated/α-hetero) is 1. The summed E-state index contributed by atoms with van der Waals surface area (Å²) in [6.07, 6.45) is 1.18. The Morgan fingerprint density at radius 3 is 2.42 bits per heavy atom. The summed E-state index contributed by atoms with van der Waals surface area (Å²) in [4.78, 5) is 37.0. The molecule has 1 saturated heterocycles. The van der Waals surface area contributed by atoms with Crippen LogP contribution in [0.25, 0.3) is 0 Å². The van der Waals surface area contributed by atoms with Crippen LogP contribution in [-0.4, -0.2) is 62.6 Å². The number of benzene rings is 1. The number of sulfonamides is 1. The first-order valence-corrected chi connectivity index (χ1v) is 11.7. The van der Waals surface area contributed by atoms with Crippen molar-refractivity contribution in [3.8, 4) is 5.75 Å². The van der Waals surface area contributed by atoms with E-state index in [1.165, 1.54) is 26.2 Å². The Bertz CT molecular complexity index is 898. The van der Waals surface area contributed by atoms with Crippen molar-refractivity contribution in [1.29, 1.82) is 0 Å². The molecule has 2 atom stereocenters. The second kappa shape index (κ2) is 10.7. The number of ketones is 1. The molecule has 9 nitrogen and oxygen atoms in total. The van der Waals surface area contributed by atoms with Gasteiger partial charge in [-0.3, -0.25) is 14.4 Å². The first kappa shape index (κ1) is 24.8. The van der Waals surface area contributed by atoms with Crippen molar-refractivity contribution in [2.45, 2.75) is 57.0 Å². The van der Waals surface area contributed by atoms with E-state index in [9.17, 15) is 22.8 Å². The minimum Gasteiger partial charge on any atom is -0.497 e. The van der Waals surface area contributed by atoms with E-state index in [1.807, 2.05) is 13.8 Å². The van der Waals surface area contributed by atoms with Gasteiger partial charge in [0.2, 0.25) is 21.8 Å². The Balaban J connectivity index is 2.10. The minimum absolute atomic E-state index is 0.0752. The largest absolute Gasteiger partial charge is 0.497 e. The molecule has 1 aromatic rings. The molecule has 1 aliphatic heterocycles. The molecule has 1 aliphatic rings. The summed E-state index contributed by atoms with van der Waals surface area (Å²) in [5.74, 6) is -0.450. The lowest BCUT2D eigenvalue weighted by Gasteiger charge is -2.23. The molecule has 0 saturated carbocycles. The summed E-state index contributed by atoms with van der Waals surface area (Å²) in [7, 11) is -2.37. The van der Waals surface area contributed by atoms with E-state index in [4.69, 9.17) is 4.74 Å². The van der Waals surface area contributed by atoms with E-state index in [0.29, 0.717) is 25.0 Å². The van der Waals surface area contributed by atoms with Gasteiger partial charge in [0, 0.05) is 13.5 Å². The number of methoxy groups -OCH3 is 1. The second-order valence-corrected chi connectivity index (χ2v) is 10.0. The SMILES string of the molecule is COc1ccc(S(=O)(=O)N2CCCC(NC(=O)[C@H](CC(C)C)NC(C)=O)C(=O)C2)cc1. The maximum absolute atomic E-state index is 13.0. The molecule has 2 rings (SSSR count). The summed E-state index contributed by atoms with van der Waals surface area (Å²) < 4.78 is 32.1. The molecule has 0 radical (unpaired) electrons. The molecular formula is C21H31N3O6S. The number of nitrogens with zero attached hydrogens (tertiary/aromatic N) is 1. The molecule has 172 valence electrons. The third-order valence-corrected chi connectivity index (χ3v) is 6.90. The van der Waals surface area contributed by atoms with Crippen LogP contribution in [0.2, 0.25) is 0 Å². The number of rotatable bonds is 8. The van der Waals surface area contributed by atoms with Crippen LogP contribution >= 0.6 is 0 Å². The molecule has 0 aromatic heterocycles. The molecule has 1 heterocycles. The van der Waals surface area contributed by atoms with E-state index in [1.54, 1.807) is 12.1 Å². The molecule has 31 heavy (non-hydrogen) atoms. The Morgan fingerprint density at radius 2 is 1.87 bits per heavy atom. The fourth-order valence-corrected chi connectivity index (χ4v) is 4.92. The van der Waals surface area contributed by atoms with Crippen molar-refractivity contribution in [2.24, 2.45) is 5.92 Å². The van der Waals surface area contributed by atoms with Crippen molar-refractivity contribution in [1.82, 2.24) is 14.9 Å². The van der Waals surface area contributed by atoms with E-state index in [-0.39, 0.29) is 35.6 Å². The van der Waals surface area contributed by atoms with Crippen molar-refractivity contribution < 1.29 is 27.5 Å². The number of nitrogens with one attached hydrogen (secondary N) is 2. The van der Waals surface area contributed by atoms with Crippen LogP contribution in [0.15, 0.2) is 29.2 Å². The first-order chi connectivity index (χ1) is 14.5. The predicted molar refractivity (Wildman–Crippen MR) is 115 cm³/mol. The molecular weight excluding hydrogens is 422 g/mol. The zero-order valence-electron chi connectivity index (χ0n) is 18.4. The molecule has 0 aliphatic carbocycles. The fraction of sp³-hybridized carbons (Fsp3) is 0.571. The highest BCUT2D eigenvalue weighted by atomic mass is 32.2. The predicted octanol–water partition coefficient (Wildman–Crippen LogP) is 1.08. The summed E-state index contributed by atoms with van der Waals surface area (Å²) >= 11 is 0. The highest BCUT2D eigenvalue weighted by Crippen LogP contribution is 2.22. The number of ether oxygens (including phenoxy) is 1. The third kappa shape index (κ3) is 6.76. The summed E-state index contributed by atoms with van der Waals surface area (Å²) in [5, 5.41) is 5.32. The Hall–Kier alpha value is -2.46. The number of hydrogen-bond acceptors (Lipinski definition) is 6. The van der Waals surface area contributed by atoms with Crippen LogP contribution in [0.4, 0.5) is 0 Å². The van der Waals surface area contributed by atoms with Crippen LogP contribution < -0.4 is 15.4 Å². The normalized spacial score (nSPS) is 18.9. The fourth-order valence-electron chi connectivity index (χ4n) is 3.47. The lowest BCUT2D eigenvalue weighted by Crippen LogP contribution is -2.52. The first-order valence-electron chi connectivity index (χ1n) is 10.3. The zero-order valence-corrected chi connectivity index (χ0v) is 19.2. The standard InChI is InChI=1S/C21H31N3O6S/c1-14(2)12-19(22-15(3)25)21(27)23-18-6-5-11-24(13-20(18)26)31(28,29)17-9-7-16(30-4)8-10-17/h7-10,14,18-19H,5-6,11-13H2,1-4H3,(H,22,25)(H,23,27)/t18?,19-/m0/s1. The van der Waals surface area contributed by atoms with E-state index in [0.717, 1.165) is 4.31 Å². The highest BCUT2D eigenvalue weighted by Gasteiger charge is 2.34. The number of hydrogen-bond donors (Lipinski definition) is 2. The molecule has 0 spiro atoms. The summed E-state index contributed by atoms with van der Waals surface area (Å²) in [6, 6.07) is 4.43. The number of carbonyl (C=O) groups is 3. The maximum atomic E-state index is 13.0. The molecule has 1 unspecified atom stereocenters. The molecule has 0 bridgehead atoms. The smallest absolute Gasteiger partial charge is 0.243 e. The van der Waals surface area contributed by atoms with E-state index in [2.05, 4.69) is 10.6 Å². The molecule has 2 amide bonds. The molecule has 2 N–H and O–H groups in total. The maximum Gasteiger partial charge on any atom is 0.243 e. The Morgan fingerprint density at radius 1 is 1.23 bits per heavy atom. The van der Waals surface area contributed by atoms with Crippen LogP contribution in [0.5, 0.6) is 5.75 Å². The zero-order chi connectivity index (χ0) is 23.2. The lowest BCUT2D eigenvalue weighted by molar-refractivity contribution is -0.131. The van der Waals surface area contributed by atoms with Gasteiger partial charge in [0.1, 0.15) is 11.8 Å². The average Bonchev–Trinajstić information content (AvgIpc) is 2.88. The van der Waals surface area contributed by atoms with Crippen LogP contribution in [0, 0.1) is 5.92 Å². The molecule has 1 aromatic carbocycles. The lowest BCUT2D eigenvalue weighted by atomic mass is 10.0. The number of amides is 2. The molecule has 10 heteroatoms. The monoisotopic (exact) mass is 453 g/mol. The third-order valence-electron chi connectivity index (χ3n) is 5.04. The van der Waals surface area contributed by atoms with Crippen LogP contribution in [0.1, 0.15) is 40.0 Å². The van der Waals surface area contributed by atoms with Crippen molar-refractivity contribution in [3.05, 3.63) is 24.3 Å². The second-order valence-electron chi connectivity index (χ2n) is 8.07. The summed E-state index contributed by atoms with van der Waals surface area (Å²) in [6.45, 7) is 5.04.